The van der Waals surface area contributed by atoms with Crippen LogP contribution in [0.25, 0.3) is 0 Å². The van der Waals surface area contributed by atoms with Crippen molar-refractivity contribution in [2.24, 2.45) is 5.92 Å². The standard InChI is InChI=1S/C22H20F3N5O/c1-14(2)13-31-18-9-7-17(8-10-18)29-21-27-12-19(22(23,24)25)20(30-21)28-16-5-3-15(11-26)4-6-16/h3-10,12,14H,13H2,1-2H3,(H2,27,28,29,30). The number of benzene rings is 2. The lowest BCUT2D eigenvalue weighted by atomic mass is 10.2. The maximum absolute atomic E-state index is 13.4. The lowest BCUT2D eigenvalue weighted by Gasteiger charge is -2.15. The van der Waals surface area contributed by atoms with Crippen LogP contribution in [0, 0.1) is 17.2 Å². The molecule has 0 bridgehead atoms. The third-order valence-electron chi connectivity index (χ3n) is 4.06. The first-order valence-electron chi connectivity index (χ1n) is 9.46. The number of hydrogen-bond donors (Lipinski definition) is 2. The summed E-state index contributed by atoms with van der Waals surface area (Å²) in [7, 11) is 0. The van der Waals surface area contributed by atoms with Crippen LogP contribution in [0.3, 0.4) is 0 Å². The lowest BCUT2D eigenvalue weighted by molar-refractivity contribution is -0.137. The molecule has 3 aromatic rings. The summed E-state index contributed by atoms with van der Waals surface area (Å²) < 4.78 is 45.8. The summed E-state index contributed by atoms with van der Waals surface area (Å²) >= 11 is 0. The molecule has 0 saturated carbocycles. The summed E-state index contributed by atoms with van der Waals surface area (Å²) in [6, 6.07) is 14.9. The quantitative estimate of drug-likeness (QED) is 0.489. The minimum Gasteiger partial charge on any atom is -0.493 e. The zero-order valence-corrected chi connectivity index (χ0v) is 16.9. The number of nitrogens with one attached hydrogen (secondary N) is 2. The van der Waals surface area contributed by atoms with E-state index in [1.54, 1.807) is 24.3 Å². The van der Waals surface area contributed by atoms with Crippen LogP contribution in [0.1, 0.15) is 25.0 Å². The van der Waals surface area contributed by atoms with Gasteiger partial charge in [-0.25, -0.2) is 4.98 Å². The van der Waals surface area contributed by atoms with Crippen LogP contribution in [0.15, 0.2) is 54.7 Å². The van der Waals surface area contributed by atoms with Crippen molar-refractivity contribution >= 4 is 23.1 Å². The number of rotatable bonds is 7. The van der Waals surface area contributed by atoms with Crippen LogP contribution in [0.5, 0.6) is 5.75 Å². The first-order valence-corrected chi connectivity index (χ1v) is 9.46. The van der Waals surface area contributed by atoms with Crippen molar-refractivity contribution in [3.63, 3.8) is 0 Å². The summed E-state index contributed by atoms with van der Waals surface area (Å²) in [6.07, 6.45) is -3.91. The number of anilines is 4. The van der Waals surface area contributed by atoms with Crippen LogP contribution < -0.4 is 15.4 Å². The second-order valence-electron chi connectivity index (χ2n) is 7.12. The largest absolute Gasteiger partial charge is 0.493 e. The molecule has 0 spiro atoms. The number of hydrogen-bond acceptors (Lipinski definition) is 6. The molecule has 0 radical (unpaired) electrons. The molecular formula is C22H20F3N5O. The van der Waals surface area contributed by atoms with Gasteiger partial charge in [0.1, 0.15) is 17.1 Å². The van der Waals surface area contributed by atoms with E-state index in [0.717, 1.165) is 6.20 Å². The molecule has 31 heavy (non-hydrogen) atoms. The second-order valence-corrected chi connectivity index (χ2v) is 7.12. The topological polar surface area (TPSA) is 82.9 Å². The van der Waals surface area contributed by atoms with E-state index in [2.05, 4.69) is 20.6 Å². The maximum atomic E-state index is 13.4. The molecule has 3 rings (SSSR count). The molecule has 2 N–H and O–H groups in total. The number of aromatic nitrogens is 2. The SMILES string of the molecule is CC(C)COc1ccc(Nc2ncc(C(F)(F)F)c(Nc3ccc(C#N)cc3)n2)cc1. The summed E-state index contributed by atoms with van der Waals surface area (Å²) in [4.78, 5) is 7.80. The van der Waals surface area contributed by atoms with Crippen molar-refractivity contribution < 1.29 is 17.9 Å². The zero-order chi connectivity index (χ0) is 22.4. The van der Waals surface area contributed by atoms with E-state index in [9.17, 15) is 13.2 Å². The highest BCUT2D eigenvalue weighted by atomic mass is 19.4. The highest BCUT2D eigenvalue weighted by molar-refractivity contribution is 5.63. The van der Waals surface area contributed by atoms with Crippen molar-refractivity contribution in [1.82, 2.24) is 9.97 Å². The number of halogens is 3. The van der Waals surface area contributed by atoms with Crippen LogP contribution in [0.2, 0.25) is 0 Å². The van der Waals surface area contributed by atoms with E-state index >= 15 is 0 Å². The van der Waals surface area contributed by atoms with Gasteiger partial charge in [0.05, 0.1) is 18.2 Å². The fourth-order valence-corrected chi connectivity index (χ4v) is 2.54. The first-order chi connectivity index (χ1) is 14.7. The number of nitriles is 1. The van der Waals surface area contributed by atoms with Gasteiger partial charge in [0.2, 0.25) is 5.95 Å². The van der Waals surface area contributed by atoms with E-state index in [1.165, 1.54) is 24.3 Å². The predicted molar refractivity (Wildman–Crippen MR) is 112 cm³/mol. The Bertz CT molecular complexity index is 1060. The Labute approximate surface area is 177 Å². The molecule has 0 saturated heterocycles. The molecule has 0 amide bonds. The average Bonchev–Trinajstić information content (AvgIpc) is 2.73. The van der Waals surface area contributed by atoms with Gasteiger partial charge in [-0.05, 0) is 54.4 Å². The van der Waals surface area contributed by atoms with Crippen molar-refractivity contribution in [2.75, 3.05) is 17.2 Å². The Morgan fingerprint density at radius 3 is 2.19 bits per heavy atom. The molecule has 1 heterocycles. The van der Waals surface area contributed by atoms with Crippen molar-refractivity contribution in [2.45, 2.75) is 20.0 Å². The molecule has 6 nitrogen and oxygen atoms in total. The van der Waals surface area contributed by atoms with Gasteiger partial charge in [0.25, 0.3) is 0 Å². The Kier molecular flexibility index (Phi) is 6.60. The molecule has 0 aliphatic heterocycles. The van der Waals surface area contributed by atoms with Gasteiger partial charge in [-0.1, -0.05) is 13.8 Å². The van der Waals surface area contributed by atoms with Gasteiger partial charge in [-0.15, -0.1) is 0 Å². The van der Waals surface area contributed by atoms with E-state index in [0.29, 0.717) is 35.2 Å². The molecule has 0 unspecified atom stereocenters. The summed E-state index contributed by atoms with van der Waals surface area (Å²) in [5.41, 5.74) is 0.356. The number of alkyl halides is 3. The monoisotopic (exact) mass is 427 g/mol. The van der Waals surface area contributed by atoms with Crippen LogP contribution in [-0.2, 0) is 6.18 Å². The summed E-state index contributed by atoms with van der Waals surface area (Å²) in [5.74, 6) is 0.683. The van der Waals surface area contributed by atoms with Crippen molar-refractivity contribution in [3.05, 3.63) is 65.9 Å². The molecule has 1 aromatic heterocycles. The Balaban J connectivity index is 1.81. The van der Waals surface area contributed by atoms with Crippen molar-refractivity contribution in [3.8, 4) is 11.8 Å². The molecule has 0 atom stereocenters. The van der Waals surface area contributed by atoms with Gasteiger partial charge in [-0.2, -0.15) is 23.4 Å². The highest BCUT2D eigenvalue weighted by Crippen LogP contribution is 2.35. The molecule has 2 aromatic carbocycles. The number of nitrogens with zero attached hydrogens (tertiary/aromatic N) is 3. The van der Waals surface area contributed by atoms with E-state index in [1.807, 2.05) is 19.9 Å². The van der Waals surface area contributed by atoms with Gasteiger partial charge >= 0.3 is 6.18 Å². The number of ether oxygens (including phenoxy) is 1. The Morgan fingerprint density at radius 2 is 1.61 bits per heavy atom. The van der Waals surface area contributed by atoms with Gasteiger partial charge in [0.15, 0.2) is 0 Å². The van der Waals surface area contributed by atoms with Crippen molar-refractivity contribution in [1.29, 1.82) is 5.26 Å². The Morgan fingerprint density at radius 1 is 1.00 bits per heavy atom. The minimum atomic E-state index is -4.64. The fourth-order valence-electron chi connectivity index (χ4n) is 2.54. The van der Waals surface area contributed by atoms with Crippen LogP contribution in [0.4, 0.5) is 36.3 Å². The second kappa shape index (κ2) is 9.34. The molecule has 0 aliphatic rings. The maximum Gasteiger partial charge on any atom is 0.421 e. The molecule has 0 fully saturated rings. The Hall–Kier alpha value is -3.80. The summed E-state index contributed by atoms with van der Waals surface area (Å²) in [5, 5.41) is 14.4. The molecular weight excluding hydrogens is 407 g/mol. The summed E-state index contributed by atoms with van der Waals surface area (Å²) in [6.45, 7) is 4.67. The van der Waals surface area contributed by atoms with E-state index in [-0.39, 0.29) is 5.95 Å². The molecule has 160 valence electrons. The van der Waals surface area contributed by atoms with Gasteiger partial charge in [0, 0.05) is 17.6 Å². The van der Waals surface area contributed by atoms with E-state index < -0.39 is 17.6 Å². The third-order valence-corrected chi connectivity index (χ3v) is 4.06. The van der Waals surface area contributed by atoms with Crippen LogP contribution in [-0.4, -0.2) is 16.6 Å². The fraction of sp³-hybridized carbons (Fsp3) is 0.227. The first kappa shape index (κ1) is 21.9. The predicted octanol–water partition coefficient (Wildman–Crippen LogP) is 5.89. The van der Waals surface area contributed by atoms with Gasteiger partial charge < -0.3 is 15.4 Å². The zero-order valence-electron chi connectivity index (χ0n) is 16.9. The molecule has 0 aliphatic carbocycles. The van der Waals surface area contributed by atoms with E-state index in [4.69, 9.17) is 10.00 Å². The molecule has 9 heteroatoms. The van der Waals surface area contributed by atoms with Crippen LogP contribution >= 0.6 is 0 Å². The normalized spacial score (nSPS) is 11.1. The minimum absolute atomic E-state index is 0.00000575. The third kappa shape index (κ3) is 6.09. The average molecular weight is 427 g/mol. The highest BCUT2D eigenvalue weighted by Gasteiger charge is 2.35. The lowest BCUT2D eigenvalue weighted by Crippen LogP contribution is -2.12. The smallest absolute Gasteiger partial charge is 0.421 e. The van der Waals surface area contributed by atoms with Gasteiger partial charge in [-0.3, -0.25) is 0 Å².